The summed E-state index contributed by atoms with van der Waals surface area (Å²) < 4.78 is 0. The monoisotopic (exact) mass is 184 g/mol. The van der Waals surface area contributed by atoms with Crippen LogP contribution in [0.25, 0.3) is 0 Å². The first-order chi connectivity index (χ1) is 6.22. The van der Waals surface area contributed by atoms with E-state index in [1.54, 1.807) is 0 Å². The average molecular weight is 184 g/mol. The minimum atomic E-state index is -0.854. The maximum absolute atomic E-state index is 10.6. The molecule has 4 heteroatoms. The topological polar surface area (TPSA) is 75.3 Å². The van der Waals surface area contributed by atoms with Crippen molar-refractivity contribution in [2.24, 2.45) is 5.73 Å². The van der Waals surface area contributed by atoms with E-state index in [0.29, 0.717) is 19.5 Å². The Morgan fingerprint density at radius 1 is 1.62 bits per heavy atom. The molecule has 4 N–H and O–H groups in total. The van der Waals surface area contributed by atoms with Crippen molar-refractivity contribution < 1.29 is 9.90 Å². The van der Waals surface area contributed by atoms with Crippen molar-refractivity contribution >= 4 is 5.97 Å². The quantitative estimate of drug-likeness (QED) is 0.378. The number of nitrogens with two attached hydrogens (primary N) is 1. The third kappa shape index (κ3) is 6.14. The van der Waals surface area contributed by atoms with Crippen LogP contribution in [0.4, 0.5) is 0 Å². The molecular weight excluding hydrogens is 168 g/mol. The summed E-state index contributed by atoms with van der Waals surface area (Å²) in [5.41, 5.74) is 5.29. The molecule has 0 aromatic heterocycles. The van der Waals surface area contributed by atoms with Crippen LogP contribution in [0.5, 0.6) is 0 Å². The van der Waals surface area contributed by atoms with E-state index in [-0.39, 0.29) is 0 Å². The Balaban J connectivity index is 3.68. The van der Waals surface area contributed by atoms with E-state index in [9.17, 15) is 4.79 Å². The maximum Gasteiger partial charge on any atom is 0.320 e. The second kappa shape index (κ2) is 7.59. The van der Waals surface area contributed by atoms with Gasteiger partial charge in [0.15, 0.2) is 0 Å². The van der Waals surface area contributed by atoms with Crippen LogP contribution in [0.15, 0.2) is 0 Å². The van der Waals surface area contributed by atoms with Crippen molar-refractivity contribution in [1.82, 2.24) is 5.32 Å². The number of carboxylic acid groups (broad SMARTS) is 1. The number of unbranched alkanes of at least 4 members (excludes halogenated alkanes) is 1. The molecule has 0 rings (SSSR count). The van der Waals surface area contributed by atoms with E-state index >= 15 is 0 Å². The molecule has 13 heavy (non-hydrogen) atoms. The second-order valence-electron chi connectivity index (χ2n) is 2.76. The summed E-state index contributed by atoms with van der Waals surface area (Å²) in [5.74, 6) is 1.49. The van der Waals surface area contributed by atoms with Crippen LogP contribution in [0.2, 0.25) is 0 Å². The predicted molar refractivity (Wildman–Crippen MR) is 51.2 cm³/mol. The number of carboxylic acids is 1. The first-order valence-electron chi connectivity index (χ1n) is 4.32. The molecule has 0 aromatic rings. The fourth-order valence-electron chi connectivity index (χ4n) is 0.988. The van der Waals surface area contributed by atoms with Gasteiger partial charge in [-0.05, 0) is 19.4 Å². The molecule has 0 aromatic carbocycles. The number of aliphatic carboxylic acids is 1. The summed E-state index contributed by atoms with van der Waals surface area (Å²) in [7, 11) is 0. The fourth-order valence-corrected chi connectivity index (χ4v) is 0.988. The Bertz CT molecular complexity index is 187. The molecule has 0 aliphatic rings. The number of nitrogens with one attached hydrogen (secondary N) is 1. The van der Waals surface area contributed by atoms with Crippen LogP contribution in [0.1, 0.15) is 19.3 Å². The molecule has 0 saturated carbocycles. The van der Waals surface area contributed by atoms with Gasteiger partial charge in [-0.15, -0.1) is 6.42 Å². The molecule has 0 radical (unpaired) electrons. The van der Waals surface area contributed by atoms with Gasteiger partial charge in [0.05, 0.1) is 6.54 Å². The summed E-state index contributed by atoms with van der Waals surface area (Å²) in [6.07, 6.45) is 7.24. The highest BCUT2D eigenvalue weighted by Gasteiger charge is 2.14. The lowest BCUT2D eigenvalue weighted by atomic mass is 10.1. The lowest BCUT2D eigenvalue weighted by Crippen LogP contribution is -2.36. The van der Waals surface area contributed by atoms with Crippen molar-refractivity contribution in [1.29, 1.82) is 0 Å². The Kier molecular flexibility index (Phi) is 6.98. The number of rotatable bonds is 7. The first-order valence-corrected chi connectivity index (χ1v) is 4.32. The summed E-state index contributed by atoms with van der Waals surface area (Å²) in [6.45, 7) is 0.890. The van der Waals surface area contributed by atoms with E-state index in [0.717, 1.165) is 12.8 Å². The largest absolute Gasteiger partial charge is 0.480 e. The molecule has 0 bridgehead atoms. The van der Waals surface area contributed by atoms with Gasteiger partial charge in [-0.3, -0.25) is 10.1 Å². The van der Waals surface area contributed by atoms with E-state index in [4.69, 9.17) is 17.3 Å². The van der Waals surface area contributed by atoms with E-state index in [1.807, 2.05) is 0 Å². The second-order valence-corrected chi connectivity index (χ2v) is 2.76. The van der Waals surface area contributed by atoms with Gasteiger partial charge in [-0.2, -0.15) is 0 Å². The molecule has 74 valence electrons. The van der Waals surface area contributed by atoms with Gasteiger partial charge in [0, 0.05) is 0 Å². The molecule has 0 fully saturated rings. The molecule has 4 nitrogen and oxygen atoms in total. The standard InChI is InChI=1S/C9H16N2O2/c1-2-7-11-8(9(12)13)5-3-4-6-10/h1,8,11H,3-7,10H2,(H,12,13)/t8-/m1/s1. The van der Waals surface area contributed by atoms with Gasteiger partial charge >= 0.3 is 5.97 Å². The van der Waals surface area contributed by atoms with Gasteiger partial charge in [0.25, 0.3) is 0 Å². The Morgan fingerprint density at radius 2 is 2.31 bits per heavy atom. The van der Waals surface area contributed by atoms with Gasteiger partial charge < -0.3 is 10.8 Å². The van der Waals surface area contributed by atoms with Gasteiger partial charge in [-0.25, -0.2) is 0 Å². The Labute approximate surface area is 78.5 Å². The summed E-state index contributed by atoms with van der Waals surface area (Å²) >= 11 is 0. The van der Waals surface area contributed by atoms with Crippen LogP contribution in [0.3, 0.4) is 0 Å². The number of carbonyl (C=O) groups is 1. The van der Waals surface area contributed by atoms with Gasteiger partial charge in [-0.1, -0.05) is 12.3 Å². The molecular formula is C9H16N2O2. The molecule has 0 amide bonds. The highest BCUT2D eigenvalue weighted by molar-refractivity contribution is 5.73. The molecule has 0 unspecified atom stereocenters. The molecule has 0 heterocycles. The third-order valence-corrected chi connectivity index (χ3v) is 1.70. The zero-order chi connectivity index (χ0) is 10.1. The lowest BCUT2D eigenvalue weighted by Gasteiger charge is -2.11. The van der Waals surface area contributed by atoms with Crippen molar-refractivity contribution in [3.05, 3.63) is 0 Å². The van der Waals surface area contributed by atoms with E-state index in [1.165, 1.54) is 0 Å². The summed E-state index contributed by atoms with van der Waals surface area (Å²) in [6, 6.07) is -0.539. The van der Waals surface area contributed by atoms with Crippen LogP contribution >= 0.6 is 0 Å². The number of terminal acetylenes is 1. The zero-order valence-electron chi connectivity index (χ0n) is 7.62. The zero-order valence-corrected chi connectivity index (χ0v) is 7.62. The van der Waals surface area contributed by atoms with Gasteiger partial charge in [0.2, 0.25) is 0 Å². The number of hydrogen-bond donors (Lipinski definition) is 3. The van der Waals surface area contributed by atoms with Crippen LogP contribution in [0, 0.1) is 12.3 Å². The average Bonchev–Trinajstić information content (AvgIpc) is 2.10. The van der Waals surface area contributed by atoms with Crippen LogP contribution in [-0.4, -0.2) is 30.2 Å². The van der Waals surface area contributed by atoms with Crippen molar-refractivity contribution in [2.75, 3.05) is 13.1 Å². The smallest absolute Gasteiger partial charge is 0.320 e. The minimum absolute atomic E-state index is 0.291. The lowest BCUT2D eigenvalue weighted by molar-refractivity contribution is -0.139. The third-order valence-electron chi connectivity index (χ3n) is 1.70. The van der Waals surface area contributed by atoms with E-state index < -0.39 is 12.0 Å². The Morgan fingerprint density at radius 3 is 2.77 bits per heavy atom. The summed E-state index contributed by atoms with van der Waals surface area (Å²) in [5, 5.41) is 11.5. The highest BCUT2D eigenvalue weighted by Crippen LogP contribution is 1.99. The predicted octanol–water partition coefficient (Wildman–Crippen LogP) is -0.209. The fraction of sp³-hybridized carbons (Fsp3) is 0.667. The highest BCUT2D eigenvalue weighted by atomic mass is 16.4. The minimum Gasteiger partial charge on any atom is -0.480 e. The van der Waals surface area contributed by atoms with Crippen LogP contribution in [-0.2, 0) is 4.79 Å². The van der Waals surface area contributed by atoms with Crippen molar-refractivity contribution in [3.63, 3.8) is 0 Å². The van der Waals surface area contributed by atoms with Gasteiger partial charge in [0.1, 0.15) is 6.04 Å². The first kappa shape index (κ1) is 11.9. The molecule has 0 aliphatic carbocycles. The van der Waals surface area contributed by atoms with Crippen molar-refractivity contribution in [3.8, 4) is 12.3 Å². The molecule has 0 spiro atoms. The molecule has 0 aliphatic heterocycles. The summed E-state index contributed by atoms with van der Waals surface area (Å²) in [4.78, 5) is 10.6. The molecule has 0 saturated heterocycles. The molecule has 1 atom stereocenters. The van der Waals surface area contributed by atoms with Crippen LogP contribution < -0.4 is 11.1 Å². The SMILES string of the molecule is C#CCN[C@H](CCCCN)C(=O)O. The van der Waals surface area contributed by atoms with E-state index in [2.05, 4.69) is 11.2 Å². The normalized spacial score (nSPS) is 12.0. The number of hydrogen-bond acceptors (Lipinski definition) is 3. The van der Waals surface area contributed by atoms with Crippen molar-refractivity contribution in [2.45, 2.75) is 25.3 Å². The Hall–Kier alpha value is -1.05. The maximum atomic E-state index is 10.6.